The molecular formula is C12H15FO3. The molecule has 0 saturated carbocycles. The topological polar surface area (TPSA) is 38.7 Å². The fourth-order valence-electron chi connectivity index (χ4n) is 1.70. The van der Waals surface area contributed by atoms with Gasteiger partial charge in [0.15, 0.2) is 6.79 Å². The minimum absolute atomic E-state index is 0.112. The average molecular weight is 226 g/mol. The van der Waals surface area contributed by atoms with E-state index >= 15 is 0 Å². The van der Waals surface area contributed by atoms with Crippen LogP contribution in [0.4, 0.5) is 4.39 Å². The second-order valence-electron chi connectivity index (χ2n) is 4.59. The van der Waals surface area contributed by atoms with Crippen LogP contribution in [0.1, 0.15) is 25.0 Å². The number of benzene rings is 1. The Bertz CT molecular complexity index is 401. The molecule has 0 saturated heterocycles. The van der Waals surface area contributed by atoms with Gasteiger partial charge in [0.05, 0.1) is 13.2 Å². The Morgan fingerprint density at radius 1 is 1.44 bits per heavy atom. The van der Waals surface area contributed by atoms with Crippen LogP contribution in [0.2, 0.25) is 0 Å². The monoisotopic (exact) mass is 226 g/mol. The Hall–Kier alpha value is -1.13. The summed E-state index contributed by atoms with van der Waals surface area (Å²) < 4.78 is 24.2. The average Bonchev–Trinajstić information content (AvgIpc) is 2.28. The second-order valence-corrected chi connectivity index (χ2v) is 4.59. The van der Waals surface area contributed by atoms with Gasteiger partial charge in [-0.25, -0.2) is 4.39 Å². The maximum atomic E-state index is 13.8. The second kappa shape index (κ2) is 4.03. The van der Waals surface area contributed by atoms with Crippen LogP contribution in [-0.4, -0.2) is 18.5 Å². The highest BCUT2D eigenvalue weighted by atomic mass is 19.1. The molecule has 0 aromatic heterocycles. The van der Waals surface area contributed by atoms with E-state index in [9.17, 15) is 9.50 Å². The van der Waals surface area contributed by atoms with Crippen LogP contribution in [0, 0.1) is 5.82 Å². The van der Waals surface area contributed by atoms with Crippen LogP contribution in [0.5, 0.6) is 5.75 Å². The lowest BCUT2D eigenvalue weighted by Crippen LogP contribution is -2.24. The minimum atomic E-state index is -0.610. The summed E-state index contributed by atoms with van der Waals surface area (Å²) >= 11 is 0. The fraction of sp³-hybridized carbons (Fsp3) is 0.500. The predicted octanol–water partition coefficient (Wildman–Crippen LogP) is 1.96. The minimum Gasteiger partial charge on any atom is -0.467 e. The van der Waals surface area contributed by atoms with Crippen LogP contribution in [-0.2, 0) is 16.8 Å². The first-order valence-electron chi connectivity index (χ1n) is 5.19. The lowest BCUT2D eigenvalue weighted by molar-refractivity contribution is -0.0167. The molecule has 1 heterocycles. The third kappa shape index (κ3) is 1.90. The third-order valence-electron chi connectivity index (χ3n) is 2.83. The van der Waals surface area contributed by atoms with Crippen molar-refractivity contribution >= 4 is 0 Å². The molecule has 0 atom stereocenters. The Balaban J connectivity index is 2.47. The maximum absolute atomic E-state index is 13.8. The molecule has 1 aliphatic rings. The molecule has 2 rings (SSSR count). The Kier molecular flexibility index (Phi) is 2.86. The summed E-state index contributed by atoms with van der Waals surface area (Å²) in [4.78, 5) is 0. The largest absolute Gasteiger partial charge is 0.467 e. The standard InChI is InChI=1S/C12H15FO3/c1-12(2,6-14)9-4-11-8(3-10(9)13)5-15-7-16-11/h3-4,14H,5-7H2,1-2H3. The van der Waals surface area contributed by atoms with Crippen LogP contribution >= 0.6 is 0 Å². The molecule has 4 heteroatoms. The smallest absolute Gasteiger partial charge is 0.189 e. The Morgan fingerprint density at radius 3 is 2.88 bits per heavy atom. The predicted molar refractivity (Wildman–Crippen MR) is 56.8 cm³/mol. The van der Waals surface area contributed by atoms with E-state index in [0.29, 0.717) is 23.5 Å². The summed E-state index contributed by atoms with van der Waals surface area (Å²) in [6, 6.07) is 3.07. The molecule has 0 aliphatic carbocycles. The van der Waals surface area contributed by atoms with Gasteiger partial charge in [0.25, 0.3) is 0 Å². The SMILES string of the molecule is CC(C)(CO)c1cc2c(cc1F)COCO2. The van der Waals surface area contributed by atoms with Crippen molar-refractivity contribution in [3.63, 3.8) is 0 Å². The van der Waals surface area contributed by atoms with Crippen molar-refractivity contribution in [1.82, 2.24) is 0 Å². The first-order valence-corrected chi connectivity index (χ1v) is 5.19. The molecule has 16 heavy (non-hydrogen) atoms. The molecule has 1 N–H and O–H groups in total. The Labute approximate surface area is 93.8 Å². The van der Waals surface area contributed by atoms with Crippen molar-refractivity contribution < 1.29 is 19.0 Å². The van der Waals surface area contributed by atoms with Crippen molar-refractivity contribution in [1.29, 1.82) is 0 Å². The first kappa shape index (κ1) is 11.4. The number of hydrogen-bond donors (Lipinski definition) is 1. The van der Waals surface area contributed by atoms with E-state index in [2.05, 4.69) is 0 Å². The quantitative estimate of drug-likeness (QED) is 0.837. The molecule has 3 nitrogen and oxygen atoms in total. The number of halogens is 1. The highest BCUT2D eigenvalue weighted by Gasteiger charge is 2.26. The zero-order chi connectivity index (χ0) is 11.8. The molecular weight excluding hydrogens is 211 g/mol. The van der Waals surface area contributed by atoms with Crippen LogP contribution in [0.25, 0.3) is 0 Å². The van der Waals surface area contributed by atoms with E-state index in [1.165, 1.54) is 6.07 Å². The van der Waals surface area contributed by atoms with Gasteiger partial charge < -0.3 is 14.6 Å². The van der Waals surface area contributed by atoms with Crippen molar-refractivity contribution in [2.24, 2.45) is 0 Å². The molecule has 0 fully saturated rings. The van der Waals surface area contributed by atoms with Gasteiger partial charge in [-0.05, 0) is 17.7 Å². The molecule has 0 radical (unpaired) electrons. The molecule has 0 bridgehead atoms. The van der Waals surface area contributed by atoms with E-state index in [1.54, 1.807) is 19.9 Å². The van der Waals surface area contributed by atoms with E-state index in [1.807, 2.05) is 0 Å². The van der Waals surface area contributed by atoms with E-state index in [0.717, 1.165) is 0 Å². The zero-order valence-corrected chi connectivity index (χ0v) is 9.42. The van der Waals surface area contributed by atoms with E-state index in [4.69, 9.17) is 9.47 Å². The fourth-order valence-corrected chi connectivity index (χ4v) is 1.70. The highest BCUT2D eigenvalue weighted by molar-refractivity contribution is 5.41. The number of ether oxygens (including phenoxy) is 2. The summed E-state index contributed by atoms with van der Waals surface area (Å²) in [6.45, 7) is 4.02. The van der Waals surface area contributed by atoms with Crippen molar-refractivity contribution in [2.45, 2.75) is 25.9 Å². The van der Waals surface area contributed by atoms with Gasteiger partial charge in [-0.15, -0.1) is 0 Å². The van der Waals surface area contributed by atoms with E-state index in [-0.39, 0.29) is 19.2 Å². The van der Waals surface area contributed by atoms with Gasteiger partial charge in [-0.1, -0.05) is 13.8 Å². The lowest BCUT2D eigenvalue weighted by Gasteiger charge is -2.26. The molecule has 0 amide bonds. The normalized spacial score (nSPS) is 15.5. The molecule has 1 aromatic rings. The third-order valence-corrected chi connectivity index (χ3v) is 2.83. The number of aliphatic hydroxyl groups is 1. The Morgan fingerprint density at radius 2 is 2.19 bits per heavy atom. The van der Waals surface area contributed by atoms with Crippen molar-refractivity contribution in [2.75, 3.05) is 13.4 Å². The van der Waals surface area contributed by atoms with Gasteiger partial charge in [-0.2, -0.15) is 0 Å². The number of aliphatic hydroxyl groups excluding tert-OH is 1. The first-order chi connectivity index (χ1) is 7.54. The van der Waals surface area contributed by atoms with Gasteiger partial charge >= 0.3 is 0 Å². The van der Waals surface area contributed by atoms with Gasteiger partial charge in [-0.3, -0.25) is 0 Å². The van der Waals surface area contributed by atoms with Crippen LogP contribution in [0.15, 0.2) is 12.1 Å². The maximum Gasteiger partial charge on any atom is 0.189 e. The number of fused-ring (bicyclic) bond motifs is 1. The number of rotatable bonds is 2. The lowest BCUT2D eigenvalue weighted by atomic mass is 9.84. The molecule has 0 unspecified atom stereocenters. The summed E-state index contributed by atoms with van der Waals surface area (Å²) in [7, 11) is 0. The van der Waals surface area contributed by atoms with Crippen molar-refractivity contribution in [3.8, 4) is 5.75 Å². The summed E-state index contributed by atoms with van der Waals surface area (Å²) in [5.74, 6) is 0.316. The number of hydrogen-bond acceptors (Lipinski definition) is 3. The summed E-state index contributed by atoms with van der Waals surface area (Å²) in [5, 5.41) is 9.24. The molecule has 88 valence electrons. The zero-order valence-electron chi connectivity index (χ0n) is 9.42. The van der Waals surface area contributed by atoms with Gasteiger partial charge in [0, 0.05) is 11.0 Å². The summed E-state index contributed by atoms with van der Waals surface area (Å²) in [6.07, 6.45) is 0. The summed E-state index contributed by atoms with van der Waals surface area (Å²) in [5.41, 5.74) is 0.567. The van der Waals surface area contributed by atoms with Gasteiger partial charge in [0.2, 0.25) is 0 Å². The van der Waals surface area contributed by atoms with Crippen molar-refractivity contribution in [3.05, 3.63) is 29.1 Å². The van der Waals surface area contributed by atoms with Crippen LogP contribution < -0.4 is 4.74 Å². The van der Waals surface area contributed by atoms with Gasteiger partial charge in [0.1, 0.15) is 11.6 Å². The molecule has 1 aliphatic heterocycles. The van der Waals surface area contributed by atoms with E-state index < -0.39 is 5.41 Å². The molecule has 0 spiro atoms. The molecule has 1 aromatic carbocycles. The van der Waals surface area contributed by atoms with Crippen LogP contribution in [0.3, 0.4) is 0 Å². The highest BCUT2D eigenvalue weighted by Crippen LogP contribution is 2.33.